The fourth-order valence-corrected chi connectivity index (χ4v) is 0.836. The van der Waals surface area contributed by atoms with E-state index >= 15 is 0 Å². The van der Waals surface area contributed by atoms with Gasteiger partial charge in [0.15, 0.2) is 5.69 Å². The average molecular weight is 191 g/mol. The molecule has 0 radical (unpaired) electrons. The molecule has 0 aliphatic heterocycles. The number of rotatable bonds is 1. The number of aromatic carboxylic acids is 1. The monoisotopic (exact) mass is 190 g/mol. The lowest BCUT2D eigenvalue weighted by atomic mass is 10.3. The molecular formula is C6H4ClFN2O2. The third-order valence-corrected chi connectivity index (χ3v) is 1.55. The number of carboxylic acid groups (broad SMARTS) is 1. The highest BCUT2D eigenvalue weighted by atomic mass is 35.5. The fourth-order valence-electron chi connectivity index (χ4n) is 0.658. The molecule has 12 heavy (non-hydrogen) atoms. The lowest BCUT2D eigenvalue weighted by Crippen LogP contribution is -2.05. The number of carboxylic acids is 1. The molecule has 0 amide bonds. The molecule has 0 atom stereocenters. The number of carbonyl (C=O) groups is 1. The Labute approximate surface area is 71.8 Å². The van der Waals surface area contributed by atoms with Crippen LogP contribution in [-0.4, -0.2) is 16.1 Å². The average Bonchev–Trinajstić information content (AvgIpc) is 1.96. The van der Waals surface area contributed by atoms with Gasteiger partial charge in [-0.1, -0.05) is 11.6 Å². The van der Waals surface area contributed by atoms with Gasteiger partial charge in [-0.2, -0.15) is 4.39 Å². The van der Waals surface area contributed by atoms with Crippen LogP contribution in [0.2, 0.25) is 5.02 Å². The minimum Gasteiger partial charge on any atom is -0.476 e. The summed E-state index contributed by atoms with van der Waals surface area (Å²) in [6.45, 7) is 0. The fraction of sp³-hybridized carbons (Fsp3) is 0. The molecule has 0 spiro atoms. The maximum atomic E-state index is 12.5. The first-order chi connectivity index (χ1) is 5.52. The van der Waals surface area contributed by atoms with Gasteiger partial charge < -0.3 is 10.8 Å². The van der Waals surface area contributed by atoms with Crippen LogP contribution in [0.4, 0.5) is 10.1 Å². The predicted octanol–water partition coefficient (Wildman–Crippen LogP) is 1.15. The van der Waals surface area contributed by atoms with Gasteiger partial charge in [0.2, 0.25) is 5.95 Å². The van der Waals surface area contributed by atoms with Crippen molar-refractivity contribution in [2.24, 2.45) is 0 Å². The Kier molecular flexibility index (Phi) is 2.14. The second-order valence-corrected chi connectivity index (χ2v) is 2.38. The van der Waals surface area contributed by atoms with Gasteiger partial charge in [0.05, 0.1) is 10.7 Å². The summed E-state index contributed by atoms with van der Waals surface area (Å²) in [5.74, 6) is -2.37. The first kappa shape index (κ1) is 8.73. The Morgan fingerprint density at radius 1 is 1.75 bits per heavy atom. The molecule has 1 rings (SSSR count). The number of nitrogens with two attached hydrogens (primary N) is 1. The molecule has 4 nitrogen and oxygen atoms in total. The highest BCUT2D eigenvalue weighted by molar-refractivity contribution is 6.35. The van der Waals surface area contributed by atoms with Crippen molar-refractivity contribution < 1.29 is 14.3 Å². The molecule has 64 valence electrons. The van der Waals surface area contributed by atoms with Crippen LogP contribution in [0.3, 0.4) is 0 Å². The summed E-state index contributed by atoms with van der Waals surface area (Å²) in [5, 5.41) is 8.20. The van der Waals surface area contributed by atoms with Gasteiger partial charge in [0.25, 0.3) is 0 Å². The number of anilines is 1. The van der Waals surface area contributed by atoms with Crippen LogP contribution in [0.25, 0.3) is 0 Å². The van der Waals surface area contributed by atoms with E-state index in [0.717, 1.165) is 6.07 Å². The summed E-state index contributed by atoms with van der Waals surface area (Å²) in [7, 11) is 0. The molecule has 0 bridgehead atoms. The van der Waals surface area contributed by atoms with Gasteiger partial charge in [-0.05, 0) is 0 Å². The predicted molar refractivity (Wildman–Crippen MR) is 40.6 cm³/mol. The minimum atomic E-state index is -1.41. The van der Waals surface area contributed by atoms with Crippen molar-refractivity contribution >= 4 is 23.3 Å². The molecule has 1 aromatic heterocycles. The Balaban J connectivity index is 3.37. The van der Waals surface area contributed by atoms with Crippen LogP contribution in [0, 0.1) is 5.95 Å². The lowest BCUT2D eigenvalue weighted by Gasteiger charge is -2.00. The summed E-state index contributed by atoms with van der Waals surface area (Å²) < 4.78 is 12.5. The standard InChI is InChI=1S/C6H4ClFN2O2/c7-4-2(9)1-3(8)10-5(4)6(11)12/h1H,(H2,9,10)(H,11,12). The van der Waals surface area contributed by atoms with Crippen molar-refractivity contribution in [3.8, 4) is 0 Å². The number of aromatic nitrogens is 1. The molecule has 0 saturated carbocycles. The van der Waals surface area contributed by atoms with Gasteiger partial charge in [-0.25, -0.2) is 9.78 Å². The van der Waals surface area contributed by atoms with Crippen molar-refractivity contribution in [2.75, 3.05) is 5.73 Å². The maximum Gasteiger partial charge on any atom is 0.356 e. The van der Waals surface area contributed by atoms with E-state index in [9.17, 15) is 9.18 Å². The quantitative estimate of drug-likeness (QED) is 0.652. The lowest BCUT2D eigenvalue weighted by molar-refractivity contribution is 0.0689. The summed E-state index contributed by atoms with van der Waals surface area (Å²) in [4.78, 5) is 13.4. The number of hydrogen-bond acceptors (Lipinski definition) is 3. The van der Waals surface area contributed by atoms with Crippen LogP contribution in [0.15, 0.2) is 6.07 Å². The van der Waals surface area contributed by atoms with E-state index in [-0.39, 0.29) is 10.7 Å². The minimum absolute atomic E-state index is 0.137. The third-order valence-electron chi connectivity index (χ3n) is 1.16. The Morgan fingerprint density at radius 3 is 2.83 bits per heavy atom. The maximum absolute atomic E-state index is 12.5. The van der Waals surface area contributed by atoms with Crippen molar-refractivity contribution in [3.63, 3.8) is 0 Å². The topological polar surface area (TPSA) is 76.2 Å². The summed E-state index contributed by atoms with van der Waals surface area (Å²) in [5.41, 5.74) is 4.47. The Morgan fingerprint density at radius 2 is 2.33 bits per heavy atom. The zero-order chi connectivity index (χ0) is 9.30. The SMILES string of the molecule is Nc1cc(F)nc(C(=O)O)c1Cl. The number of nitrogen functional groups attached to an aromatic ring is 1. The Hall–Kier alpha value is -1.36. The van der Waals surface area contributed by atoms with E-state index in [0.29, 0.717) is 0 Å². The van der Waals surface area contributed by atoms with Crippen molar-refractivity contribution in [1.29, 1.82) is 0 Å². The molecule has 1 heterocycles. The molecule has 3 N–H and O–H groups in total. The summed E-state index contributed by atoms with van der Waals surface area (Å²) in [6.07, 6.45) is 0. The second kappa shape index (κ2) is 2.94. The smallest absolute Gasteiger partial charge is 0.356 e. The van der Waals surface area contributed by atoms with E-state index in [1.807, 2.05) is 0 Å². The second-order valence-electron chi connectivity index (χ2n) is 2.00. The first-order valence-electron chi connectivity index (χ1n) is 2.87. The van der Waals surface area contributed by atoms with Gasteiger partial charge in [0, 0.05) is 6.07 Å². The van der Waals surface area contributed by atoms with Crippen LogP contribution in [-0.2, 0) is 0 Å². The molecular weight excluding hydrogens is 187 g/mol. The number of halogens is 2. The van der Waals surface area contributed by atoms with E-state index in [1.54, 1.807) is 0 Å². The van der Waals surface area contributed by atoms with Crippen LogP contribution in [0.5, 0.6) is 0 Å². The van der Waals surface area contributed by atoms with E-state index < -0.39 is 17.6 Å². The zero-order valence-corrected chi connectivity index (χ0v) is 6.47. The normalized spacial score (nSPS) is 9.83. The molecule has 0 saturated heterocycles. The van der Waals surface area contributed by atoms with Gasteiger partial charge in [0.1, 0.15) is 0 Å². The molecule has 6 heteroatoms. The highest BCUT2D eigenvalue weighted by Crippen LogP contribution is 2.22. The van der Waals surface area contributed by atoms with Crippen molar-refractivity contribution in [1.82, 2.24) is 4.98 Å². The Bertz CT molecular complexity index is 343. The van der Waals surface area contributed by atoms with E-state index in [2.05, 4.69) is 4.98 Å². The molecule has 0 aliphatic rings. The summed E-state index contributed by atoms with van der Waals surface area (Å²) in [6, 6.07) is 0.856. The van der Waals surface area contributed by atoms with Crippen LogP contribution in [0.1, 0.15) is 10.5 Å². The van der Waals surface area contributed by atoms with Crippen LogP contribution >= 0.6 is 11.6 Å². The molecule has 0 aromatic carbocycles. The number of nitrogens with zero attached hydrogens (tertiary/aromatic N) is 1. The van der Waals surface area contributed by atoms with Gasteiger partial charge >= 0.3 is 5.97 Å². The first-order valence-corrected chi connectivity index (χ1v) is 3.25. The number of hydrogen-bond donors (Lipinski definition) is 2. The van der Waals surface area contributed by atoms with Gasteiger partial charge in [-0.15, -0.1) is 0 Å². The van der Waals surface area contributed by atoms with Crippen molar-refractivity contribution in [3.05, 3.63) is 22.7 Å². The summed E-state index contributed by atoms with van der Waals surface area (Å²) >= 11 is 5.43. The highest BCUT2D eigenvalue weighted by Gasteiger charge is 2.14. The molecule has 1 aromatic rings. The van der Waals surface area contributed by atoms with E-state index in [1.165, 1.54) is 0 Å². The van der Waals surface area contributed by atoms with Crippen LogP contribution < -0.4 is 5.73 Å². The van der Waals surface area contributed by atoms with E-state index in [4.69, 9.17) is 22.4 Å². The number of pyridine rings is 1. The molecule has 0 unspecified atom stereocenters. The molecule has 0 fully saturated rings. The zero-order valence-electron chi connectivity index (χ0n) is 5.71. The molecule has 0 aliphatic carbocycles. The third kappa shape index (κ3) is 1.45. The van der Waals surface area contributed by atoms with Gasteiger partial charge in [-0.3, -0.25) is 0 Å². The largest absolute Gasteiger partial charge is 0.476 e. The van der Waals surface area contributed by atoms with Crippen molar-refractivity contribution in [2.45, 2.75) is 0 Å².